The number of halogens is 13. The molecule has 5 aromatic rings. The number of hydrogen-bond donors (Lipinski definition) is 3. The molecule has 0 radical (unpaired) electrons. The Labute approximate surface area is 321 Å². The fourth-order valence-electron chi connectivity index (χ4n) is 4.83. The Morgan fingerprint density at radius 3 is 0.966 bits per heavy atom. The van der Waals surface area contributed by atoms with Gasteiger partial charge < -0.3 is 4.52 Å². The molecule has 0 amide bonds. The van der Waals surface area contributed by atoms with Gasteiger partial charge in [0.15, 0.2) is 23.0 Å². The first-order valence-electron chi connectivity index (χ1n) is 15.8. The summed E-state index contributed by atoms with van der Waals surface area (Å²) in [6.45, 7) is 0. The summed E-state index contributed by atoms with van der Waals surface area (Å²) in [6, 6.07) is 16.2. The van der Waals surface area contributed by atoms with Gasteiger partial charge in [0.05, 0.1) is 22.3 Å². The van der Waals surface area contributed by atoms with Gasteiger partial charge in [-0.1, -0.05) is 24.3 Å². The highest BCUT2D eigenvalue weighted by molar-refractivity contribution is 7.89. The lowest BCUT2D eigenvalue weighted by Crippen LogP contribution is -2.47. The van der Waals surface area contributed by atoms with E-state index < -0.39 is 100 Å². The molecule has 1 saturated heterocycles. The molecule has 0 atom stereocenters. The first kappa shape index (κ1) is 43.0. The van der Waals surface area contributed by atoms with Crippen molar-refractivity contribution in [3.05, 3.63) is 149 Å². The first-order chi connectivity index (χ1) is 27.0. The topological polar surface area (TPSA) is 82.2 Å². The van der Waals surface area contributed by atoms with E-state index >= 15 is 0 Å². The Bertz CT molecular complexity index is 1980. The molecular formula is C34H23F13N3O5P3+2. The number of hydrogen-bond acceptors (Lipinski definition) is 8. The monoisotopic (exact) mass is 893 g/mol. The van der Waals surface area contributed by atoms with Crippen LogP contribution in [-0.4, -0.2) is 0 Å². The minimum atomic E-state index is -4.96. The fourth-order valence-corrected chi connectivity index (χ4v) is 13.6. The van der Waals surface area contributed by atoms with Crippen LogP contribution in [0.1, 0.15) is 22.3 Å². The average molecular weight is 893 g/mol. The largest absolute Gasteiger partial charge is 0.567 e. The molecule has 1 heterocycles. The molecule has 0 aliphatic carbocycles. The van der Waals surface area contributed by atoms with Crippen LogP contribution in [0.4, 0.5) is 57.1 Å². The van der Waals surface area contributed by atoms with Gasteiger partial charge in [-0.05, 0) is 107 Å². The first-order valence-corrected chi connectivity index (χ1v) is 20.3. The van der Waals surface area contributed by atoms with E-state index in [4.69, 9.17) is 22.6 Å². The summed E-state index contributed by atoms with van der Waals surface area (Å²) in [4.78, 5) is 7.95. The molecule has 1 aliphatic rings. The van der Waals surface area contributed by atoms with Crippen LogP contribution in [0.3, 0.4) is 0 Å². The highest BCUT2D eigenvalue weighted by atomic mass is 31.3. The Balaban J connectivity index is 1.57. The third kappa shape index (κ3) is 10.9. The fraction of sp³-hybridized carbons (Fsp3) is 0.118. The molecule has 0 aromatic heterocycles. The van der Waals surface area contributed by atoms with Crippen LogP contribution in [0.5, 0.6) is 28.7 Å². The number of benzene rings is 5. The molecule has 0 spiro atoms. The van der Waals surface area contributed by atoms with E-state index in [9.17, 15) is 57.1 Å². The van der Waals surface area contributed by atoms with Crippen molar-refractivity contribution in [2.24, 2.45) is 0 Å². The van der Waals surface area contributed by atoms with Crippen LogP contribution in [0.15, 0.2) is 121 Å². The zero-order chi connectivity index (χ0) is 42.1. The normalized spacial score (nSPS) is 16.0. The van der Waals surface area contributed by atoms with E-state index in [1.165, 1.54) is 0 Å². The Morgan fingerprint density at radius 2 is 0.690 bits per heavy atom. The van der Waals surface area contributed by atoms with Crippen molar-refractivity contribution in [2.45, 2.75) is 24.7 Å². The van der Waals surface area contributed by atoms with Gasteiger partial charge in [0.25, 0.3) is 0 Å². The molecule has 24 heteroatoms. The van der Waals surface area contributed by atoms with Gasteiger partial charge in [0, 0.05) is 0 Å². The van der Waals surface area contributed by atoms with E-state index in [1.807, 2.05) is 0 Å². The molecule has 6 rings (SSSR count). The third-order valence-electron chi connectivity index (χ3n) is 7.30. The standard InChI is InChI=1S/C34H23F13N3O5P3/c35-25-13-15-26(16-14-25)51-56-48-57(52-27-9-1-5-21(17-27)31(36,37)38,53-28-10-2-6-22(18-28)32(39,40)41)50-58(49-56,54-29-11-3-7-23(19-29)33(42,43)44)55-30-12-4-8-24(20-30)34(45,46)47/h1-20,48-50H/q+2. The summed E-state index contributed by atoms with van der Waals surface area (Å²) in [5, 5.41) is 0. The van der Waals surface area contributed by atoms with Gasteiger partial charge in [-0.2, -0.15) is 52.7 Å². The van der Waals surface area contributed by atoms with Crippen molar-refractivity contribution in [1.29, 1.82) is 0 Å². The summed E-state index contributed by atoms with van der Waals surface area (Å²) < 4.78 is 210. The maximum Gasteiger partial charge on any atom is 0.567 e. The second-order valence-electron chi connectivity index (χ2n) is 11.7. The van der Waals surface area contributed by atoms with E-state index in [0.717, 1.165) is 72.8 Å². The smallest absolute Gasteiger partial charge is 0.441 e. The minimum absolute atomic E-state index is 0.165. The maximum atomic E-state index is 13.9. The number of nitrogens with one attached hydrogen (secondary N) is 3. The predicted octanol–water partition coefficient (Wildman–Crippen LogP) is 13.0. The molecule has 0 saturated carbocycles. The highest BCUT2D eigenvalue weighted by Gasteiger charge is 2.73. The van der Waals surface area contributed by atoms with Crippen LogP contribution >= 0.6 is 24.5 Å². The summed E-state index contributed by atoms with van der Waals surface area (Å²) in [5.41, 5.74) is -5.10. The van der Waals surface area contributed by atoms with Crippen molar-refractivity contribution in [3.8, 4) is 28.7 Å². The second kappa shape index (κ2) is 16.2. The third-order valence-corrected chi connectivity index (χ3v) is 15.2. The van der Waals surface area contributed by atoms with Gasteiger partial charge in [-0.25, -0.2) is 4.39 Å². The minimum Gasteiger partial charge on any atom is -0.441 e. The van der Waals surface area contributed by atoms with Gasteiger partial charge in [-0.15, -0.1) is 0 Å². The SMILES string of the molecule is Fc1ccc(OP2N[P+](Oc3cccc(C(F)(F)F)c3)(Oc3cccc(C(F)(F)F)c3)N[P+](Oc3cccc(C(F)(F)F)c3)(Oc3cccc(C(F)(F)F)c3)N2)cc1. The van der Waals surface area contributed by atoms with Crippen LogP contribution in [0.2, 0.25) is 0 Å². The van der Waals surface area contributed by atoms with E-state index in [2.05, 4.69) is 14.6 Å². The maximum absolute atomic E-state index is 13.9. The lowest BCUT2D eigenvalue weighted by atomic mass is 10.2. The van der Waals surface area contributed by atoms with Crippen molar-refractivity contribution in [2.75, 3.05) is 0 Å². The lowest BCUT2D eigenvalue weighted by Gasteiger charge is -2.34. The van der Waals surface area contributed by atoms with Crippen LogP contribution in [0.25, 0.3) is 0 Å². The molecule has 8 nitrogen and oxygen atoms in total. The van der Waals surface area contributed by atoms with E-state index in [1.54, 1.807) is 0 Å². The molecular weight excluding hydrogens is 870 g/mol. The van der Waals surface area contributed by atoms with Gasteiger partial charge in [0.1, 0.15) is 16.4 Å². The van der Waals surface area contributed by atoms with Crippen LogP contribution < -0.4 is 37.2 Å². The summed E-state index contributed by atoms with van der Waals surface area (Å²) >= 11 is 0. The zero-order valence-electron chi connectivity index (χ0n) is 28.3. The van der Waals surface area contributed by atoms with Crippen molar-refractivity contribution >= 4 is 24.5 Å². The van der Waals surface area contributed by atoms with Crippen molar-refractivity contribution in [3.63, 3.8) is 0 Å². The number of rotatable bonds is 10. The molecule has 308 valence electrons. The molecule has 3 N–H and O–H groups in total. The van der Waals surface area contributed by atoms with Crippen molar-refractivity contribution < 1.29 is 79.7 Å². The molecule has 1 aliphatic heterocycles. The Hall–Kier alpha value is -4.64. The van der Waals surface area contributed by atoms with Crippen LogP contribution in [-0.2, 0) is 24.7 Å². The van der Waals surface area contributed by atoms with Gasteiger partial charge in [0.2, 0.25) is 0 Å². The van der Waals surface area contributed by atoms with E-state index in [-0.39, 0.29) is 5.75 Å². The molecule has 58 heavy (non-hydrogen) atoms. The molecule has 1 fully saturated rings. The molecule has 0 unspecified atom stereocenters. The summed E-state index contributed by atoms with van der Waals surface area (Å²) in [7, 11) is -12.4. The second-order valence-corrected chi connectivity index (χ2v) is 17.8. The number of alkyl halides is 12. The van der Waals surface area contributed by atoms with Crippen molar-refractivity contribution in [1.82, 2.24) is 14.6 Å². The molecule has 5 aromatic carbocycles. The predicted molar refractivity (Wildman–Crippen MR) is 185 cm³/mol. The van der Waals surface area contributed by atoms with Gasteiger partial charge >= 0.3 is 49.2 Å². The quantitative estimate of drug-likeness (QED) is 0.0945. The van der Waals surface area contributed by atoms with Crippen LogP contribution in [0, 0.1) is 5.82 Å². The zero-order valence-corrected chi connectivity index (χ0v) is 31.0. The molecule has 0 bridgehead atoms. The highest BCUT2D eigenvalue weighted by Crippen LogP contribution is 2.74. The van der Waals surface area contributed by atoms with E-state index in [0.29, 0.717) is 48.5 Å². The Morgan fingerprint density at radius 1 is 0.397 bits per heavy atom. The average Bonchev–Trinajstić information content (AvgIpc) is 3.11. The lowest BCUT2D eigenvalue weighted by molar-refractivity contribution is -0.138. The Kier molecular flexibility index (Phi) is 12.0. The summed E-state index contributed by atoms with van der Waals surface area (Å²) in [6.07, 6.45) is -19.8. The van der Waals surface area contributed by atoms with Gasteiger partial charge in [-0.3, -0.25) is 18.1 Å². The summed E-state index contributed by atoms with van der Waals surface area (Å²) in [5.74, 6) is -3.55.